The van der Waals surface area contributed by atoms with Gasteiger partial charge in [-0.1, -0.05) is 23.4 Å². The summed E-state index contributed by atoms with van der Waals surface area (Å²) in [6.45, 7) is 0.355. The highest BCUT2D eigenvalue weighted by atomic mass is 16.5. The summed E-state index contributed by atoms with van der Waals surface area (Å²) in [7, 11) is 0. The molecule has 6 nitrogen and oxygen atoms in total. The van der Waals surface area contributed by atoms with E-state index in [-0.39, 0.29) is 5.89 Å². The van der Waals surface area contributed by atoms with Crippen LogP contribution in [0.25, 0.3) is 22.4 Å². The molecule has 2 heterocycles. The van der Waals surface area contributed by atoms with Gasteiger partial charge < -0.3 is 19.8 Å². The molecule has 1 unspecified atom stereocenters. The zero-order chi connectivity index (χ0) is 13.2. The van der Waals surface area contributed by atoms with Crippen molar-refractivity contribution in [3.63, 3.8) is 0 Å². The van der Waals surface area contributed by atoms with Crippen LogP contribution >= 0.6 is 0 Å². The minimum Gasteiger partial charge on any atom is -0.464 e. The molecule has 1 aromatic carbocycles. The van der Waals surface area contributed by atoms with Crippen LogP contribution in [0.5, 0.6) is 0 Å². The highest BCUT2D eigenvalue weighted by molar-refractivity contribution is 5.91. The molecule has 0 amide bonds. The molecule has 0 aliphatic rings. The minimum absolute atomic E-state index is 0.172. The molecular weight excluding hydrogens is 246 g/mol. The quantitative estimate of drug-likeness (QED) is 0.742. The van der Waals surface area contributed by atoms with Crippen molar-refractivity contribution in [3.8, 4) is 11.4 Å². The van der Waals surface area contributed by atoms with Crippen molar-refractivity contribution < 1.29 is 14.0 Å². The van der Waals surface area contributed by atoms with Crippen LogP contribution in [0, 0.1) is 0 Å². The molecule has 2 aromatic heterocycles. The van der Waals surface area contributed by atoms with Crippen LogP contribution in [-0.4, -0.2) is 21.8 Å². The number of hydrogen-bond donors (Lipinski definition) is 2. The number of para-hydroxylation sites is 1. The van der Waals surface area contributed by atoms with E-state index < -0.39 is 6.10 Å². The van der Waals surface area contributed by atoms with Gasteiger partial charge in [0, 0.05) is 5.39 Å². The SMILES string of the molecule is NCCC(O)c1nc(-c2coc3ccccc23)no1. The van der Waals surface area contributed by atoms with E-state index in [9.17, 15) is 5.11 Å². The van der Waals surface area contributed by atoms with Gasteiger partial charge in [0.25, 0.3) is 5.89 Å². The Labute approximate surface area is 108 Å². The molecule has 3 aromatic rings. The maximum Gasteiger partial charge on any atom is 0.255 e. The first kappa shape index (κ1) is 11.9. The first-order valence-electron chi connectivity index (χ1n) is 5.98. The summed E-state index contributed by atoms with van der Waals surface area (Å²) >= 11 is 0. The Balaban J connectivity index is 1.98. The second-order valence-electron chi connectivity index (χ2n) is 4.19. The molecule has 0 saturated heterocycles. The second kappa shape index (κ2) is 4.83. The number of hydrogen-bond acceptors (Lipinski definition) is 6. The van der Waals surface area contributed by atoms with Crippen molar-refractivity contribution in [2.45, 2.75) is 12.5 Å². The van der Waals surface area contributed by atoms with Gasteiger partial charge in [-0.25, -0.2) is 0 Å². The highest BCUT2D eigenvalue weighted by Crippen LogP contribution is 2.29. The average molecular weight is 259 g/mol. The van der Waals surface area contributed by atoms with Crippen LogP contribution in [0.4, 0.5) is 0 Å². The third-order valence-corrected chi connectivity index (χ3v) is 2.89. The van der Waals surface area contributed by atoms with E-state index in [1.54, 1.807) is 6.26 Å². The molecule has 0 aliphatic carbocycles. The number of furan rings is 1. The van der Waals surface area contributed by atoms with Gasteiger partial charge in [0.15, 0.2) is 0 Å². The summed E-state index contributed by atoms with van der Waals surface area (Å²) in [6, 6.07) is 7.58. The van der Waals surface area contributed by atoms with Crippen molar-refractivity contribution in [2.75, 3.05) is 6.54 Å². The molecule has 98 valence electrons. The maximum absolute atomic E-state index is 9.74. The van der Waals surface area contributed by atoms with Crippen molar-refractivity contribution in [2.24, 2.45) is 5.73 Å². The van der Waals surface area contributed by atoms with Gasteiger partial charge in [-0.2, -0.15) is 4.98 Å². The van der Waals surface area contributed by atoms with Gasteiger partial charge in [-0.05, 0) is 19.0 Å². The zero-order valence-corrected chi connectivity index (χ0v) is 10.1. The normalized spacial score (nSPS) is 12.9. The van der Waals surface area contributed by atoms with E-state index in [0.29, 0.717) is 18.8 Å². The van der Waals surface area contributed by atoms with E-state index >= 15 is 0 Å². The number of benzene rings is 1. The van der Waals surface area contributed by atoms with E-state index in [1.165, 1.54) is 0 Å². The lowest BCUT2D eigenvalue weighted by Gasteiger charge is -2.00. The number of fused-ring (bicyclic) bond motifs is 1. The maximum atomic E-state index is 9.74. The number of rotatable bonds is 4. The van der Waals surface area contributed by atoms with Gasteiger partial charge in [0.1, 0.15) is 18.0 Å². The second-order valence-corrected chi connectivity index (χ2v) is 4.19. The lowest BCUT2D eigenvalue weighted by Crippen LogP contribution is -2.06. The van der Waals surface area contributed by atoms with Crippen molar-refractivity contribution in [1.82, 2.24) is 10.1 Å². The van der Waals surface area contributed by atoms with E-state index in [4.69, 9.17) is 14.7 Å². The Hall–Kier alpha value is -2.18. The molecule has 0 bridgehead atoms. The van der Waals surface area contributed by atoms with Crippen LogP contribution in [0.15, 0.2) is 39.5 Å². The molecule has 19 heavy (non-hydrogen) atoms. The van der Waals surface area contributed by atoms with Crippen LogP contribution in [0.3, 0.4) is 0 Å². The lowest BCUT2D eigenvalue weighted by atomic mass is 10.2. The third-order valence-electron chi connectivity index (χ3n) is 2.89. The van der Waals surface area contributed by atoms with E-state index in [1.807, 2.05) is 24.3 Å². The minimum atomic E-state index is -0.829. The number of nitrogens with zero attached hydrogens (tertiary/aromatic N) is 2. The summed E-state index contributed by atoms with van der Waals surface area (Å²) in [4.78, 5) is 4.18. The van der Waals surface area contributed by atoms with E-state index in [2.05, 4.69) is 10.1 Å². The molecule has 1 atom stereocenters. The zero-order valence-electron chi connectivity index (χ0n) is 10.1. The Morgan fingerprint density at radius 1 is 1.32 bits per heavy atom. The van der Waals surface area contributed by atoms with Crippen LogP contribution in [0.2, 0.25) is 0 Å². The van der Waals surface area contributed by atoms with Crippen molar-refractivity contribution >= 4 is 11.0 Å². The first-order valence-corrected chi connectivity index (χ1v) is 5.98. The predicted octanol–water partition coefficient (Wildman–Crippen LogP) is 1.87. The number of aromatic nitrogens is 2. The van der Waals surface area contributed by atoms with Crippen molar-refractivity contribution in [1.29, 1.82) is 0 Å². The Kier molecular flexibility index (Phi) is 3.02. The fourth-order valence-electron chi connectivity index (χ4n) is 1.91. The molecule has 6 heteroatoms. The number of nitrogens with two attached hydrogens (primary N) is 1. The summed E-state index contributed by atoms with van der Waals surface area (Å²) < 4.78 is 10.5. The summed E-state index contributed by atoms with van der Waals surface area (Å²) in [5.74, 6) is 0.571. The fraction of sp³-hybridized carbons (Fsp3) is 0.231. The van der Waals surface area contributed by atoms with Gasteiger partial charge in [0.05, 0.1) is 5.56 Å². The van der Waals surface area contributed by atoms with Crippen LogP contribution in [-0.2, 0) is 0 Å². The van der Waals surface area contributed by atoms with Crippen LogP contribution < -0.4 is 5.73 Å². The number of aliphatic hydroxyl groups is 1. The molecule has 3 N–H and O–H groups in total. The topological polar surface area (TPSA) is 98.3 Å². The summed E-state index contributed by atoms with van der Waals surface area (Å²) in [5, 5.41) is 14.5. The smallest absolute Gasteiger partial charge is 0.255 e. The standard InChI is InChI=1S/C13H13N3O3/c14-6-5-10(17)13-15-12(16-19-13)9-7-18-11-4-2-1-3-8(9)11/h1-4,7,10,17H,5-6,14H2. The van der Waals surface area contributed by atoms with Gasteiger partial charge >= 0.3 is 0 Å². The largest absolute Gasteiger partial charge is 0.464 e. The summed E-state index contributed by atoms with van der Waals surface area (Å²) in [6.07, 6.45) is 1.13. The summed E-state index contributed by atoms with van der Waals surface area (Å²) in [5.41, 5.74) is 6.87. The third kappa shape index (κ3) is 2.11. The molecular formula is C13H13N3O3. The predicted molar refractivity (Wildman–Crippen MR) is 68.1 cm³/mol. The Morgan fingerprint density at radius 3 is 3.00 bits per heavy atom. The van der Waals surface area contributed by atoms with Crippen LogP contribution in [0.1, 0.15) is 18.4 Å². The molecule has 3 rings (SSSR count). The molecule has 0 spiro atoms. The molecule has 0 saturated carbocycles. The Morgan fingerprint density at radius 2 is 2.16 bits per heavy atom. The molecule has 0 aliphatic heterocycles. The average Bonchev–Trinajstić information content (AvgIpc) is 3.05. The highest BCUT2D eigenvalue weighted by Gasteiger charge is 2.18. The van der Waals surface area contributed by atoms with Gasteiger partial charge in [-0.3, -0.25) is 0 Å². The van der Waals surface area contributed by atoms with Gasteiger partial charge in [-0.15, -0.1) is 0 Å². The lowest BCUT2D eigenvalue weighted by molar-refractivity contribution is 0.127. The first-order chi connectivity index (χ1) is 9.29. The number of aliphatic hydroxyl groups excluding tert-OH is 1. The van der Waals surface area contributed by atoms with Crippen molar-refractivity contribution in [3.05, 3.63) is 36.4 Å². The Bertz CT molecular complexity index is 689. The monoisotopic (exact) mass is 259 g/mol. The molecule has 0 fully saturated rings. The fourth-order valence-corrected chi connectivity index (χ4v) is 1.91. The van der Waals surface area contributed by atoms with Gasteiger partial charge in [0.2, 0.25) is 5.82 Å². The van der Waals surface area contributed by atoms with E-state index in [0.717, 1.165) is 16.5 Å². The molecule has 0 radical (unpaired) electrons.